The fraction of sp³-hybridized carbons (Fsp3) is 0.0526. The quantitative estimate of drug-likeness (QED) is 0.239. The summed E-state index contributed by atoms with van der Waals surface area (Å²) in [5, 5.41) is 20.6. The molecule has 10 heteroatoms. The fourth-order valence-electron chi connectivity index (χ4n) is 3.21. The van der Waals surface area contributed by atoms with Crippen LogP contribution in [0.4, 0.5) is 0 Å². The van der Waals surface area contributed by atoms with Crippen molar-refractivity contribution in [3.8, 4) is 11.5 Å². The van der Waals surface area contributed by atoms with Crippen molar-refractivity contribution in [2.45, 2.75) is 4.75 Å². The molecule has 3 rings (SSSR count). The maximum absolute atomic E-state index is 12.9. The Balaban J connectivity index is 2.62. The average Bonchev–Trinajstić information content (AvgIpc) is 2.65. The lowest BCUT2D eigenvalue weighted by molar-refractivity contribution is 0.428. The van der Waals surface area contributed by atoms with Crippen molar-refractivity contribution in [3.05, 3.63) is 91.4 Å². The van der Waals surface area contributed by atoms with Gasteiger partial charge in [-0.3, -0.25) is 4.55 Å². The van der Waals surface area contributed by atoms with E-state index in [1.165, 1.54) is 36.4 Å². The van der Waals surface area contributed by atoms with Crippen LogP contribution in [0.3, 0.4) is 0 Å². The van der Waals surface area contributed by atoms with E-state index in [-0.39, 0.29) is 26.2 Å². The van der Waals surface area contributed by atoms with Crippen LogP contribution >= 0.6 is 46.4 Å². The number of phenols is 2. The van der Waals surface area contributed by atoms with Crippen LogP contribution in [0.5, 0.6) is 11.5 Å². The van der Waals surface area contributed by atoms with E-state index >= 15 is 0 Å². The minimum atomic E-state index is -5.11. The van der Waals surface area contributed by atoms with Crippen LogP contribution in [0, 0.1) is 0 Å². The lowest BCUT2D eigenvalue weighted by atomic mass is 9.83. The highest BCUT2D eigenvalue weighted by atomic mass is 35.5. The van der Waals surface area contributed by atoms with Gasteiger partial charge >= 0.3 is 0 Å². The van der Waals surface area contributed by atoms with Gasteiger partial charge in [-0.05, 0) is 23.8 Å². The molecule has 3 N–H and O–H groups in total. The van der Waals surface area contributed by atoms with E-state index < -0.39 is 37.0 Å². The van der Waals surface area contributed by atoms with E-state index in [0.29, 0.717) is 0 Å². The highest BCUT2D eigenvalue weighted by Gasteiger charge is 2.52. The van der Waals surface area contributed by atoms with E-state index in [4.69, 9.17) is 46.4 Å². The van der Waals surface area contributed by atoms with E-state index in [0.717, 1.165) is 12.1 Å². The van der Waals surface area contributed by atoms with Crippen LogP contribution in [0.25, 0.3) is 0 Å². The van der Waals surface area contributed by atoms with Gasteiger partial charge in [0.1, 0.15) is 16.5 Å². The molecule has 0 radical (unpaired) electrons. The number of rotatable bonds is 4. The molecule has 0 aliphatic rings. The molecule has 152 valence electrons. The number of halogens is 4. The summed E-state index contributed by atoms with van der Waals surface area (Å²) in [6.07, 6.45) is 0. The van der Waals surface area contributed by atoms with Gasteiger partial charge in [-0.15, -0.1) is 0 Å². The summed E-state index contributed by atoms with van der Waals surface area (Å²) in [6, 6.07) is 12.2. The minimum Gasteiger partial charge on any atom is -0.508 e. The van der Waals surface area contributed by atoms with Gasteiger partial charge in [0.2, 0.25) is 0 Å². The van der Waals surface area contributed by atoms with Gasteiger partial charge in [0.15, 0.2) is 4.75 Å². The molecular formula is C19H12Cl4O5S. The summed E-state index contributed by atoms with van der Waals surface area (Å²) >= 11 is 24.0. The van der Waals surface area contributed by atoms with Crippen LogP contribution in [0.2, 0.25) is 20.1 Å². The Kier molecular flexibility index (Phi) is 5.98. The van der Waals surface area contributed by atoms with Gasteiger partial charge in [-0.25, -0.2) is 0 Å². The first-order valence-corrected chi connectivity index (χ1v) is 10.9. The Hall–Kier alpha value is -1.67. The second kappa shape index (κ2) is 7.87. The van der Waals surface area contributed by atoms with E-state index in [9.17, 15) is 23.2 Å². The molecule has 0 aliphatic carbocycles. The van der Waals surface area contributed by atoms with Gasteiger partial charge < -0.3 is 10.2 Å². The molecule has 0 amide bonds. The van der Waals surface area contributed by atoms with Crippen molar-refractivity contribution in [2.24, 2.45) is 0 Å². The van der Waals surface area contributed by atoms with Crippen molar-refractivity contribution >= 4 is 56.5 Å². The number of hydrogen-bond donors (Lipinski definition) is 3. The van der Waals surface area contributed by atoms with Crippen LogP contribution in [-0.2, 0) is 14.9 Å². The molecule has 0 saturated heterocycles. The Morgan fingerprint density at radius 1 is 0.793 bits per heavy atom. The minimum absolute atomic E-state index is 0.00452. The first kappa shape index (κ1) is 22.0. The van der Waals surface area contributed by atoms with Gasteiger partial charge in [0.05, 0.1) is 10.0 Å². The molecule has 5 nitrogen and oxygen atoms in total. The van der Waals surface area contributed by atoms with Gasteiger partial charge in [0, 0.05) is 16.1 Å². The molecule has 1 atom stereocenters. The second-order valence-corrected chi connectivity index (χ2v) is 9.23. The molecule has 1 unspecified atom stereocenters. The normalized spacial score (nSPS) is 13.8. The van der Waals surface area contributed by atoms with Crippen molar-refractivity contribution < 1.29 is 23.2 Å². The summed E-state index contributed by atoms with van der Waals surface area (Å²) in [4.78, 5) is 0. The Labute approximate surface area is 186 Å². The average molecular weight is 494 g/mol. The maximum atomic E-state index is 12.9. The number of phenolic OH excluding ortho intramolecular Hbond substituents is 2. The summed E-state index contributed by atoms with van der Waals surface area (Å²) in [5.41, 5.74) is -0.673. The third-order valence-corrected chi connectivity index (χ3v) is 7.36. The number of aromatic hydroxyl groups is 2. The molecule has 0 aliphatic heterocycles. The fourth-order valence-corrected chi connectivity index (χ4v) is 5.30. The molecule has 0 aromatic heterocycles. The zero-order chi connectivity index (χ0) is 21.6. The zero-order valence-corrected chi connectivity index (χ0v) is 18.1. The largest absolute Gasteiger partial charge is 0.508 e. The van der Waals surface area contributed by atoms with Crippen LogP contribution in [0.15, 0.2) is 54.6 Å². The third kappa shape index (κ3) is 3.54. The van der Waals surface area contributed by atoms with Crippen molar-refractivity contribution in [1.29, 1.82) is 0 Å². The third-order valence-electron chi connectivity index (χ3n) is 4.42. The first-order chi connectivity index (χ1) is 13.5. The second-order valence-electron chi connectivity index (χ2n) is 6.07. The lowest BCUT2D eigenvalue weighted by Crippen LogP contribution is -2.38. The molecule has 0 saturated carbocycles. The topological polar surface area (TPSA) is 94.8 Å². The summed E-state index contributed by atoms with van der Waals surface area (Å²) in [7, 11) is -5.11. The van der Waals surface area contributed by atoms with Crippen LogP contribution in [0.1, 0.15) is 16.7 Å². The number of hydrogen-bond acceptors (Lipinski definition) is 4. The van der Waals surface area contributed by atoms with Crippen molar-refractivity contribution in [1.82, 2.24) is 0 Å². The molecule has 0 heterocycles. The van der Waals surface area contributed by atoms with Gasteiger partial charge in [-0.1, -0.05) is 82.8 Å². The van der Waals surface area contributed by atoms with Crippen molar-refractivity contribution in [2.75, 3.05) is 0 Å². The summed E-state index contributed by atoms with van der Waals surface area (Å²) < 4.78 is 33.8. The molecular weight excluding hydrogens is 482 g/mol. The summed E-state index contributed by atoms with van der Waals surface area (Å²) in [6.45, 7) is 0. The molecule has 3 aromatic carbocycles. The molecule has 0 fully saturated rings. The van der Waals surface area contributed by atoms with E-state index in [2.05, 4.69) is 0 Å². The van der Waals surface area contributed by atoms with Crippen LogP contribution in [-0.4, -0.2) is 23.2 Å². The standard InChI is InChI=1S/C19H12Cl4O5S/c20-11-6-7-12(15(24)8-11)19(29(26,27)28,10-4-2-1-3-5-10)13-9-14(21)16(22)17(23)18(13)25/h1-9,24-25H,(H,26,27,28). The lowest BCUT2D eigenvalue weighted by Gasteiger charge is -2.33. The first-order valence-electron chi connectivity index (χ1n) is 7.90. The zero-order valence-electron chi connectivity index (χ0n) is 14.3. The monoisotopic (exact) mass is 492 g/mol. The van der Waals surface area contributed by atoms with Crippen LogP contribution < -0.4 is 0 Å². The highest BCUT2D eigenvalue weighted by molar-refractivity contribution is 7.87. The molecule has 29 heavy (non-hydrogen) atoms. The predicted molar refractivity (Wildman–Crippen MR) is 114 cm³/mol. The van der Waals surface area contributed by atoms with Gasteiger partial charge in [0.25, 0.3) is 10.1 Å². The number of benzene rings is 3. The van der Waals surface area contributed by atoms with E-state index in [1.807, 2.05) is 0 Å². The molecule has 0 spiro atoms. The Bertz CT molecular complexity index is 1200. The SMILES string of the molecule is O=S(=O)(O)C(c1ccccc1)(c1ccc(Cl)cc1O)c1cc(Cl)c(Cl)c(Cl)c1O. The smallest absolute Gasteiger partial charge is 0.283 e. The Morgan fingerprint density at radius 3 is 1.97 bits per heavy atom. The highest BCUT2D eigenvalue weighted by Crippen LogP contribution is 2.53. The van der Waals surface area contributed by atoms with E-state index in [1.54, 1.807) is 6.07 Å². The maximum Gasteiger partial charge on any atom is 0.283 e. The summed E-state index contributed by atoms with van der Waals surface area (Å²) in [5.74, 6) is -1.27. The molecule has 0 bridgehead atoms. The van der Waals surface area contributed by atoms with Crippen molar-refractivity contribution in [3.63, 3.8) is 0 Å². The van der Waals surface area contributed by atoms with Gasteiger partial charge in [-0.2, -0.15) is 8.42 Å². The Morgan fingerprint density at radius 2 is 1.41 bits per heavy atom. The predicted octanol–water partition coefficient (Wildman–Crippen LogP) is 5.89. The molecule has 3 aromatic rings.